The fourth-order valence-corrected chi connectivity index (χ4v) is 3.62. The molecule has 4 rings (SSSR count). The molecule has 25 heavy (non-hydrogen) atoms. The van der Waals surface area contributed by atoms with E-state index in [4.69, 9.17) is 16.3 Å². The highest BCUT2D eigenvalue weighted by molar-refractivity contribution is 5.78. The van der Waals surface area contributed by atoms with Crippen LogP contribution in [0.2, 0.25) is 0 Å². The number of hydrogen-bond acceptors (Lipinski definition) is 6. The van der Waals surface area contributed by atoms with Crippen LogP contribution in [0.1, 0.15) is 30.7 Å². The van der Waals surface area contributed by atoms with E-state index >= 15 is 0 Å². The van der Waals surface area contributed by atoms with E-state index in [0.29, 0.717) is 28.8 Å². The zero-order valence-corrected chi connectivity index (χ0v) is 13.9. The molecule has 1 saturated carbocycles. The van der Waals surface area contributed by atoms with Crippen LogP contribution in [0.4, 0.5) is 10.1 Å². The first-order valence-electron chi connectivity index (χ1n) is 8.27. The molecule has 2 aromatic heterocycles. The van der Waals surface area contributed by atoms with Crippen LogP contribution in [-0.4, -0.2) is 35.3 Å². The first-order valence-corrected chi connectivity index (χ1v) is 8.27. The molecule has 0 bridgehead atoms. The standard InChI is InChI=1S/C16H20FN5O3/c1-25-14-12(20-5-4-9(18)6-20)10(17)7-21-13(14)11(8-2-3-8)15(23)22(19)16(21)24/h7-9H,2-6,18-19H2,1H3. The van der Waals surface area contributed by atoms with Crippen LogP contribution in [0.5, 0.6) is 5.75 Å². The van der Waals surface area contributed by atoms with Crippen LogP contribution in [0, 0.1) is 5.82 Å². The second-order valence-electron chi connectivity index (χ2n) is 6.72. The Morgan fingerprint density at radius 2 is 2.00 bits per heavy atom. The molecule has 2 fully saturated rings. The SMILES string of the molecule is COc1c(N2CCC(N)C2)c(F)cn2c(=O)n(N)c(=O)c(C3CC3)c12. The summed E-state index contributed by atoms with van der Waals surface area (Å²) in [5.74, 6) is 5.20. The summed E-state index contributed by atoms with van der Waals surface area (Å²) in [6.45, 7) is 1.07. The van der Waals surface area contributed by atoms with Crippen molar-refractivity contribution in [2.75, 3.05) is 30.9 Å². The quantitative estimate of drug-likeness (QED) is 0.739. The van der Waals surface area contributed by atoms with E-state index in [1.807, 2.05) is 0 Å². The van der Waals surface area contributed by atoms with Crippen LogP contribution in [-0.2, 0) is 0 Å². The minimum Gasteiger partial charge on any atom is -0.492 e. The highest BCUT2D eigenvalue weighted by Gasteiger charge is 2.34. The van der Waals surface area contributed by atoms with Crippen molar-refractivity contribution in [1.29, 1.82) is 0 Å². The Kier molecular flexibility index (Phi) is 3.50. The number of rotatable bonds is 3. The molecule has 0 aromatic carbocycles. The number of nitrogen functional groups attached to an aromatic ring is 1. The lowest BCUT2D eigenvalue weighted by molar-refractivity contribution is 0.412. The van der Waals surface area contributed by atoms with Gasteiger partial charge >= 0.3 is 5.69 Å². The van der Waals surface area contributed by atoms with Gasteiger partial charge in [0.15, 0.2) is 11.6 Å². The van der Waals surface area contributed by atoms with Gasteiger partial charge in [0, 0.05) is 19.1 Å². The van der Waals surface area contributed by atoms with Crippen molar-refractivity contribution >= 4 is 11.2 Å². The normalized spacial score (nSPS) is 20.4. The molecular formula is C16H20FN5O3. The highest BCUT2D eigenvalue weighted by Crippen LogP contribution is 2.44. The summed E-state index contributed by atoms with van der Waals surface area (Å²) in [4.78, 5) is 26.8. The second kappa shape index (κ2) is 5.48. The first-order chi connectivity index (χ1) is 11.9. The van der Waals surface area contributed by atoms with Gasteiger partial charge in [0.25, 0.3) is 5.56 Å². The maximum atomic E-state index is 14.9. The molecule has 134 valence electrons. The third-order valence-corrected chi connectivity index (χ3v) is 4.99. The molecule has 4 N–H and O–H groups in total. The van der Waals surface area contributed by atoms with Gasteiger partial charge in [0.2, 0.25) is 0 Å². The fraction of sp³-hybridized carbons (Fsp3) is 0.500. The lowest BCUT2D eigenvalue weighted by Crippen LogP contribution is -2.44. The van der Waals surface area contributed by atoms with E-state index in [-0.39, 0.29) is 23.4 Å². The summed E-state index contributed by atoms with van der Waals surface area (Å²) in [6, 6.07) is -0.0533. The molecule has 1 atom stereocenters. The van der Waals surface area contributed by atoms with Crippen molar-refractivity contribution in [1.82, 2.24) is 9.08 Å². The lowest BCUT2D eigenvalue weighted by Gasteiger charge is -2.24. The number of fused-ring (bicyclic) bond motifs is 1. The number of methoxy groups -OCH3 is 1. The number of anilines is 1. The Balaban J connectivity index is 2.11. The number of nitrogens with two attached hydrogens (primary N) is 2. The molecule has 0 radical (unpaired) electrons. The number of halogens is 1. The van der Waals surface area contributed by atoms with Gasteiger partial charge in [-0.1, -0.05) is 0 Å². The molecule has 8 nitrogen and oxygen atoms in total. The van der Waals surface area contributed by atoms with Gasteiger partial charge in [-0.15, -0.1) is 0 Å². The third-order valence-electron chi connectivity index (χ3n) is 4.99. The number of pyridine rings is 1. The van der Waals surface area contributed by atoms with E-state index in [1.165, 1.54) is 7.11 Å². The smallest absolute Gasteiger partial charge is 0.354 e. The van der Waals surface area contributed by atoms with Gasteiger partial charge in [-0.25, -0.2) is 9.18 Å². The Hall–Kier alpha value is -2.55. The minimum atomic E-state index is -0.800. The summed E-state index contributed by atoms with van der Waals surface area (Å²) in [5.41, 5.74) is 5.54. The number of nitrogens with zero attached hydrogens (tertiary/aromatic N) is 3. The van der Waals surface area contributed by atoms with Crippen molar-refractivity contribution in [3.8, 4) is 5.75 Å². The first kappa shape index (κ1) is 15.9. The number of aromatic nitrogens is 2. The van der Waals surface area contributed by atoms with Gasteiger partial charge < -0.3 is 21.2 Å². The largest absolute Gasteiger partial charge is 0.492 e. The van der Waals surface area contributed by atoms with Gasteiger partial charge in [0.05, 0.1) is 18.9 Å². The molecule has 1 aliphatic heterocycles. The van der Waals surface area contributed by atoms with Gasteiger partial charge in [-0.05, 0) is 25.2 Å². The van der Waals surface area contributed by atoms with Gasteiger partial charge in [0.1, 0.15) is 11.2 Å². The van der Waals surface area contributed by atoms with Crippen molar-refractivity contribution in [2.24, 2.45) is 5.73 Å². The molecule has 0 spiro atoms. The van der Waals surface area contributed by atoms with E-state index in [0.717, 1.165) is 29.9 Å². The maximum Gasteiger partial charge on any atom is 0.354 e. The van der Waals surface area contributed by atoms with Gasteiger partial charge in [-0.2, -0.15) is 4.68 Å². The van der Waals surface area contributed by atoms with Crippen LogP contribution in [0.15, 0.2) is 15.8 Å². The van der Waals surface area contributed by atoms with Crippen LogP contribution >= 0.6 is 0 Å². The Labute approximate surface area is 142 Å². The maximum absolute atomic E-state index is 14.9. The molecule has 1 saturated heterocycles. The second-order valence-corrected chi connectivity index (χ2v) is 6.72. The highest BCUT2D eigenvalue weighted by atomic mass is 19.1. The Morgan fingerprint density at radius 3 is 2.56 bits per heavy atom. The topological polar surface area (TPSA) is 108 Å². The average Bonchev–Trinajstić information content (AvgIpc) is 3.33. The number of hydrogen-bond donors (Lipinski definition) is 2. The van der Waals surface area contributed by atoms with Crippen molar-refractivity contribution < 1.29 is 9.13 Å². The van der Waals surface area contributed by atoms with Crippen molar-refractivity contribution in [3.63, 3.8) is 0 Å². The Bertz CT molecular complexity index is 979. The number of ether oxygens (including phenoxy) is 1. The molecule has 1 aliphatic carbocycles. The third kappa shape index (κ3) is 2.30. The molecule has 2 aliphatic rings. The lowest BCUT2D eigenvalue weighted by atomic mass is 10.1. The average molecular weight is 349 g/mol. The molecule has 2 aromatic rings. The zero-order valence-electron chi connectivity index (χ0n) is 13.9. The predicted octanol–water partition coefficient (Wildman–Crippen LogP) is -0.262. The Morgan fingerprint density at radius 1 is 1.28 bits per heavy atom. The molecule has 0 amide bonds. The summed E-state index contributed by atoms with van der Waals surface area (Å²) >= 11 is 0. The van der Waals surface area contributed by atoms with E-state index in [9.17, 15) is 14.0 Å². The monoisotopic (exact) mass is 349 g/mol. The summed E-state index contributed by atoms with van der Waals surface area (Å²) in [5, 5.41) is 0. The van der Waals surface area contributed by atoms with Crippen molar-refractivity contribution in [3.05, 3.63) is 38.4 Å². The molecule has 1 unspecified atom stereocenters. The van der Waals surface area contributed by atoms with Crippen LogP contribution in [0.25, 0.3) is 5.52 Å². The van der Waals surface area contributed by atoms with E-state index in [1.54, 1.807) is 4.90 Å². The van der Waals surface area contributed by atoms with Crippen LogP contribution < -0.4 is 32.5 Å². The van der Waals surface area contributed by atoms with Crippen molar-refractivity contribution in [2.45, 2.75) is 31.2 Å². The predicted molar refractivity (Wildman–Crippen MR) is 91.4 cm³/mol. The van der Waals surface area contributed by atoms with E-state index in [2.05, 4.69) is 0 Å². The summed E-state index contributed by atoms with van der Waals surface area (Å²) in [7, 11) is 1.41. The van der Waals surface area contributed by atoms with E-state index < -0.39 is 17.1 Å². The van der Waals surface area contributed by atoms with Gasteiger partial charge in [-0.3, -0.25) is 9.20 Å². The summed E-state index contributed by atoms with van der Waals surface area (Å²) < 4.78 is 21.9. The molecular weight excluding hydrogens is 329 g/mol. The fourth-order valence-electron chi connectivity index (χ4n) is 3.62. The molecule has 9 heteroatoms. The van der Waals surface area contributed by atoms with Crippen LogP contribution in [0.3, 0.4) is 0 Å². The zero-order chi connectivity index (χ0) is 17.9. The minimum absolute atomic E-state index is 0.00551. The molecule has 3 heterocycles. The summed E-state index contributed by atoms with van der Waals surface area (Å²) in [6.07, 6.45) is 3.47.